The van der Waals surface area contributed by atoms with Gasteiger partial charge in [-0.05, 0) is 62.4 Å². The van der Waals surface area contributed by atoms with E-state index in [9.17, 15) is 23.5 Å². The number of primary amides is 1. The highest BCUT2D eigenvalue weighted by Crippen LogP contribution is 2.44. The number of aliphatic hydroxyl groups is 1. The Morgan fingerprint density at radius 1 is 1.18 bits per heavy atom. The van der Waals surface area contributed by atoms with Gasteiger partial charge in [0.25, 0.3) is 0 Å². The zero-order valence-electron chi connectivity index (χ0n) is 23.0. The molecule has 1 heterocycles. The number of nitrogens with zero attached hydrogens (tertiary/aromatic N) is 1. The van der Waals surface area contributed by atoms with Gasteiger partial charge in [-0.25, -0.2) is 8.78 Å². The van der Waals surface area contributed by atoms with Crippen molar-refractivity contribution in [2.24, 2.45) is 17.1 Å². The van der Waals surface area contributed by atoms with Crippen LogP contribution in [0.15, 0.2) is 59.8 Å². The second-order valence-electron chi connectivity index (χ2n) is 10.4. The van der Waals surface area contributed by atoms with E-state index in [0.29, 0.717) is 30.8 Å². The summed E-state index contributed by atoms with van der Waals surface area (Å²) in [5.41, 5.74) is 6.89. The van der Waals surface area contributed by atoms with E-state index in [1.165, 1.54) is 12.1 Å². The number of halogens is 2. The number of amides is 2. The number of aromatic amines is 1. The van der Waals surface area contributed by atoms with Gasteiger partial charge in [0.05, 0.1) is 11.5 Å². The highest BCUT2D eigenvalue weighted by molar-refractivity contribution is 5.96. The van der Waals surface area contributed by atoms with Gasteiger partial charge in [-0.3, -0.25) is 9.59 Å². The second-order valence-corrected chi connectivity index (χ2v) is 10.4. The molecule has 1 aromatic carbocycles. The largest absolute Gasteiger partial charge is 0.391 e. The smallest absolute Gasteiger partial charge is 0.249 e. The topological polar surface area (TPSA) is 111 Å². The summed E-state index contributed by atoms with van der Waals surface area (Å²) in [5, 5.41) is 14.7. The Labute approximate surface area is 229 Å². The number of rotatable bonds is 14. The first-order chi connectivity index (χ1) is 18.6. The fourth-order valence-electron chi connectivity index (χ4n) is 5.53. The molecule has 2 amide bonds. The first kappa shape index (κ1) is 30.2. The van der Waals surface area contributed by atoms with Crippen LogP contribution >= 0.6 is 0 Å². The molecule has 0 radical (unpaired) electrons. The molecule has 212 valence electrons. The highest BCUT2D eigenvalue weighted by Gasteiger charge is 2.48. The van der Waals surface area contributed by atoms with Crippen LogP contribution in [-0.4, -0.2) is 52.5 Å². The summed E-state index contributed by atoms with van der Waals surface area (Å²) in [4.78, 5) is 31.7. The first-order valence-corrected chi connectivity index (χ1v) is 13.5. The number of hydrogen-bond acceptors (Lipinski definition) is 4. The predicted octanol–water partition coefficient (Wildman–Crippen LogP) is 4.00. The van der Waals surface area contributed by atoms with Gasteiger partial charge in [-0.2, -0.15) is 0 Å². The van der Waals surface area contributed by atoms with Crippen molar-refractivity contribution in [3.05, 3.63) is 82.7 Å². The molecule has 0 spiro atoms. The van der Waals surface area contributed by atoms with E-state index >= 15 is 0 Å². The molecule has 0 bridgehead atoms. The lowest BCUT2D eigenvalue weighted by molar-refractivity contribution is -0.132. The van der Waals surface area contributed by atoms with Crippen LogP contribution in [0.25, 0.3) is 0 Å². The number of carbonyl (C=O) groups is 2. The predicted molar refractivity (Wildman–Crippen MR) is 147 cm³/mol. The normalized spacial score (nSPS) is 18.7. The summed E-state index contributed by atoms with van der Waals surface area (Å²) < 4.78 is 28.2. The molecule has 3 rings (SSSR count). The molecular weight excluding hydrogens is 502 g/mol. The molecule has 7 nitrogen and oxygen atoms in total. The number of aliphatic hydroxyl groups excluding tert-OH is 1. The number of nitrogens with one attached hydrogen (secondary N) is 2. The van der Waals surface area contributed by atoms with Crippen molar-refractivity contribution in [2.45, 2.75) is 59.1 Å². The van der Waals surface area contributed by atoms with Crippen molar-refractivity contribution >= 4 is 11.8 Å². The van der Waals surface area contributed by atoms with Crippen LogP contribution in [0.1, 0.15) is 51.3 Å². The van der Waals surface area contributed by atoms with Crippen molar-refractivity contribution in [3.63, 3.8) is 0 Å². The molecule has 1 aromatic heterocycles. The number of nitrogens with two attached hydrogens (primary N) is 1. The van der Waals surface area contributed by atoms with Gasteiger partial charge in [0, 0.05) is 55.6 Å². The molecule has 39 heavy (non-hydrogen) atoms. The van der Waals surface area contributed by atoms with Crippen molar-refractivity contribution in [1.82, 2.24) is 15.2 Å². The van der Waals surface area contributed by atoms with E-state index in [1.807, 2.05) is 26.0 Å². The van der Waals surface area contributed by atoms with E-state index in [0.717, 1.165) is 24.6 Å². The van der Waals surface area contributed by atoms with Crippen LogP contribution in [0.2, 0.25) is 0 Å². The lowest BCUT2D eigenvalue weighted by Crippen LogP contribution is -2.51. The third-order valence-electron chi connectivity index (χ3n) is 7.21. The molecule has 0 saturated carbocycles. The molecule has 1 unspecified atom stereocenters. The Bertz CT molecular complexity index is 1170. The summed E-state index contributed by atoms with van der Waals surface area (Å²) in [6, 6.07) is 6.91. The number of hydrogen-bond donors (Lipinski definition) is 4. The lowest BCUT2D eigenvalue weighted by Gasteiger charge is -2.42. The van der Waals surface area contributed by atoms with Crippen molar-refractivity contribution in [2.75, 3.05) is 19.6 Å². The SMILES string of the molecule is CCCN(CCC)C(=O)C1=CC(C)=CC(C(N)=O)([C@H](Cc2cc(F)cc(F)c2)[C@@H](O)CNCc2ccc[nH]2)C1. The minimum absolute atomic E-state index is 0.0153. The van der Waals surface area contributed by atoms with Gasteiger partial charge in [0.1, 0.15) is 11.6 Å². The van der Waals surface area contributed by atoms with Gasteiger partial charge >= 0.3 is 0 Å². The van der Waals surface area contributed by atoms with Gasteiger partial charge in [0.15, 0.2) is 0 Å². The molecule has 9 heteroatoms. The van der Waals surface area contributed by atoms with Crippen LogP contribution in [0.4, 0.5) is 8.78 Å². The summed E-state index contributed by atoms with van der Waals surface area (Å²) in [7, 11) is 0. The Kier molecular flexibility index (Phi) is 10.6. The molecule has 0 saturated heterocycles. The Balaban J connectivity index is 1.99. The zero-order chi connectivity index (χ0) is 28.6. The number of aromatic nitrogens is 1. The van der Waals surface area contributed by atoms with Crippen molar-refractivity contribution < 1.29 is 23.5 Å². The molecule has 3 atom stereocenters. The van der Waals surface area contributed by atoms with Crippen molar-refractivity contribution in [1.29, 1.82) is 0 Å². The van der Waals surface area contributed by atoms with E-state index in [4.69, 9.17) is 5.73 Å². The lowest BCUT2D eigenvalue weighted by atomic mass is 9.63. The summed E-state index contributed by atoms with van der Waals surface area (Å²) in [6.07, 6.45) is 5.65. The van der Waals surface area contributed by atoms with Crippen LogP contribution in [-0.2, 0) is 22.6 Å². The standard InChI is InChI=1S/C30H40F2N4O3/c1-4-9-36(10-5-2)28(38)22-11-20(3)16-30(17-22,29(33)39)26(14-21-12-23(31)15-24(32)13-21)27(37)19-34-18-25-7-6-8-35-25/h6-8,11-13,15-16,26-27,34-35,37H,4-5,9-10,14,17-19H2,1-3H3,(H2,33,39)/t26-,27+,30?/m1/s1. The van der Waals surface area contributed by atoms with E-state index < -0.39 is 35.0 Å². The van der Waals surface area contributed by atoms with Crippen LogP contribution < -0.4 is 11.1 Å². The van der Waals surface area contributed by atoms with E-state index in [1.54, 1.807) is 30.2 Å². The maximum Gasteiger partial charge on any atom is 0.249 e. The number of allylic oxidation sites excluding steroid dienone is 2. The van der Waals surface area contributed by atoms with Gasteiger partial charge in [0.2, 0.25) is 11.8 Å². The Morgan fingerprint density at radius 3 is 2.41 bits per heavy atom. The molecule has 0 fully saturated rings. The number of carbonyl (C=O) groups excluding carboxylic acids is 2. The average molecular weight is 543 g/mol. The van der Waals surface area contributed by atoms with Gasteiger partial charge in [-0.1, -0.05) is 31.6 Å². The zero-order valence-corrected chi connectivity index (χ0v) is 23.0. The minimum atomic E-state index is -1.45. The third-order valence-corrected chi connectivity index (χ3v) is 7.21. The maximum atomic E-state index is 14.1. The fourth-order valence-corrected chi connectivity index (χ4v) is 5.53. The maximum absolute atomic E-state index is 14.1. The quantitative estimate of drug-likeness (QED) is 0.289. The van der Waals surface area contributed by atoms with Crippen molar-refractivity contribution in [3.8, 4) is 0 Å². The van der Waals surface area contributed by atoms with E-state index in [-0.39, 0.29) is 30.9 Å². The Morgan fingerprint density at radius 2 is 1.85 bits per heavy atom. The molecule has 0 aliphatic heterocycles. The summed E-state index contributed by atoms with van der Waals surface area (Å²) >= 11 is 0. The van der Waals surface area contributed by atoms with Crippen LogP contribution in [0.3, 0.4) is 0 Å². The van der Waals surface area contributed by atoms with E-state index in [2.05, 4.69) is 10.3 Å². The first-order valence-electron chi connectivity index (χ1n) is 13.5. The minimum Gasteiger partial charge on any atom is -0.391 e. The van der Waals surface area contributed by atoms with Crippen LogP contribution in [0, 0.1) is 23.0 Å². The average Bonchev–Trinajstić information content (AvgIpc) is 3.39. The molecule has 2 aromatic rings. The summed E-state index contributed by atoms with van der Waals surface area (Å²) in [6.45, 7) is 7.46. The van der Waals surface area contributed by atoms with Gasteiger partial charge in [-0.15, -0.1) is 0 Å². The molecule has 1 aliphatic rings. The molecule has 5 N–H and O–H groups in total. The summed E-state index contributed by atoms with van der Waals surface area (Å²) in [5.74, 6) is -3.26. The fraction of sp³-hybridized carbons (Fsp3) is 0.467. The molecular formula is C30H40F2N4O3. The number of benzene rings is 1. The molecule has 1 aliphatic carbocycles. The second kappa shape index (κ2) is 13.7. The Hall–Kier alpha value is -3.30. The number of H-pyrrole nitrogens is 1. The van der Waals surface area contributed by atoms with Gasteiger partial charge < -0.3 is 26.0 Å². The highest BCUT2D eigenvalue weighted by atomic mass is 19.1. The third kappa shape index (κ3) is 7.64. The monoisotopic (exact) mass is 542 g/mol. The van der Waals surface area contributed by atoms with Crippen LogP contribution in [0.5, 0.6) is 0 Å².